The van der Waals surface area contributed by atoms with E-state index in [1.54, 1.807) is 0 Å². The van der Waals surface area contributed by atoms with E-state index in [2.05, 4.69) is 33.0 Å². The zero-order valence-corrected chi connectivity index (χ0v) is 15.5. The van der Waals surface area contributed by atoms with Gasteiger partial charge in [0.1, 0.15) is 0 Å². The third-order valence-corrected chi connectivity index (χ3v) is 5.61. The first kappa shape index (κ1) is 17.1. The maximum atomic E-state index is 10.6. The molecular weight excluding hydrogens is 358 g/mol. The number of aliphatic hydroxyl groups excluding tert-OH is 1. The van der Waals surface area contributed by atoms with E-state index < -0.39 is 0 Å². The van der Waals surface area contributed by atoms with E-state index in [9.17, 15) is 5.11 Å². The molecule has 0 aromatic heterocycles. The molecule has 0 radical (unpaired) electrons. The Labute approximate surface area is 146 Å². The topological polar surface area (TPSA) is 41.9 Å². The molecule has 3 fully saturated rings. The van der Waals surface area contributed by atoms with E-state index in [1.807, 2.05) is 13.8 Å². The summed E-state index contributed by atoms with van der Waals surface area (Å²) >= 11 is 3.61. The number of rotatable bonds is 6. The molecule has 3 saturated heterocycles. The zero-order chi connectivity index (χ0) is 16.4. The van der Waals surface area contributed by atoms with Crippen molar-refractivity contribution < 1.29 is 14.6 Å². The fourth-order valence-corrected chi connectivity index (χ4v) is 4.50. The van der Waals surface area contributed by atoms with Crippen molar-refractivity contribution in [2.24, 2.45) is 5.92 Å². The predicted molar refractivity (Wildman–Crippen MR) is 94.3 cm³/mol. The van der Waals surface area contributed by atoms with Gasteiger partial charge < -0.3 is 14.6 Å². The van der Waals surface area contributed by atoms with E-state index >= 15 is 0 Å². The Morgan fingerprint density at radius 3 is 2.48 bits per heavy atom. The number of hydrogen-bond acceptors (Lipinski definition) is 4. The summed E-state index contributed by atoms with van der Waals surface area (Å²) in [4.78, 5) is 2.44. The quantitative estimate of drug-likeness (QED) is 0.818. The molecule has 23 heavy (non-hydrogen) atoms. The number of aliphatic hydroxyl groups is 1. The van der Waals surface area contributed by atoms with Crippen LogP contribution in [-0.4, -0.2) is 48.5 Å². The van der Waals surface area contributed by atoms with Crippen LogP contribution >= 0.6 is 15.9 Å². The average molecular weight is 384 g/mol. The summed E-state index contributed by atoms with van der Waals surface area (Å²) in [6.45, 7) is 7.39. The van der Waals surface area contributed by atoms with Crippen molar-refractivity contribution in [3.8, 4) is 11.5 Å². The SMILES string of the molecule is CCOc1cc(CC2C(O)C3CCN2CC3)cc(Br)c1OCC. The predicted octanol–water partition coefficient (Wildman–Crippen LogP) is 3.24. The number of ether oxygens (including phenoxy) is 2. The van der Waals surface area contributed by atoms with Crippen LogP contribution in [0.5, 0.6) is 11.5 Å². The minimum Gasteiger partial charge on any atom is -0.490 e. The molecule has 128 valence electrons. The number of fused-ring (bicyclic) bond motifs is 3. The van der Waals surface area contributed by atoms with E-state index in [4.69, 9.17) is 9.47 Å². The molecule has 2 bridgehead atoms. The molecule has 3 aliphatic heterocycles. The second-order valence-electron chi connectivity index (χ2n) is 6.41. The average Bonchev–Trinajstić information content (AvgIpc) is 2.55. The monoisotopic (exact) mass is 383 g/mol. The molecule has 0 aliphatic carbocycles. The van der Waals surface area contributed by atoms with Crippen molar-refractivity contribution in [2.75, 3.05) is 26.3 Å². The molecule has 0 spiro atoms. The Kier molecular flexibility index (Phi) is 5.49. The molecule has 4 nitrogen and oxygen atoms in total. The largest absolute Gasteiger partial charge is 0.490 e. The highest BCUT2D eigenvalue weighted by atomic mass is 79.9. The molecule has 2 atom stereocenters. The lowest BCUT2D eigenvalue weighted by Crippen LogP contribution is -2.58. The number of benzene rings is 1. The van der Waals surface area contributed by atoms with Gasteiger partial charge in [-0.2, -0.15) is 0 Å². The van der Waals surface area contributed by atoms with Crippen LogP contribution in [0.25, 0.3) is 0 Å². The molecule has 3 heterocycles. The van der Waals surface area contributed by atoms with Crippen LogP contribution in [0.1, 0.15) is 32.3 Å². The van der Waals surface area contributed by atoms with Crippen LogP contribution in [0.15, 0.2) is 16.6 Å². The van der Waals surface area contributed by atoms with E-state index in [-0.39, 0.29) is 12.1 Å². The van der Waals surface area contributed by atoms with Crippen molar-refractivity contribution in [3.63, 3.8) is 0 Å². The van der Waals surface area contributed by atoms with Crippen LogP contribution in [0.3, 0.4) is 0 Å². The Hall–Kier alpha value is -0.780. The fourth-order valence-electron chi connectivity index (χ4n) is 3.90. The smallest absolute Gasteiger partial charge is 0.175 e. The zero-order valence-electron chi connectivity index (χ0n) is 13.9. The van der Waals surface area contributed by atoms with Gasteiger partial charge in [-0.15, -0.1) is 0 Å². The van der Waals surface area contributed by atoms with Gasteiger partial charge in [0.15, 0.2) is 11.5 Å². The van der Waals surface area contributed by atoms with Crippen LogP contribution in [0, 0.1) is 5.92 Å². The molecule has 0 saturated carbocycles. The first-order valence-electron chi connectivity index (χ1n) is 8.64. The molecule has 1 aromatic carbocycles. The first-order valence-corrected chi connectivity index (χ1v) is 9.43. The van der Waals surface area contributed by atoms with E-state index in [1.165, 1.54) is 5.56 Å². The van der Waals surface area contributed by atoms with Gasteiger partial charge >= 0.3 is 0 Å². The summed E-state index contributed by atoms with van der Waals surface area (Å²) in [7, 11) is 0. The van der Waals surface area contributed by atoms with Crippen molar-refractivity contribution >= 4 is 15.9 Å². The molecule has 2 unspecified atom stereocenters. The molecular formula is C18H26BrNO3. The van der Waals surface area contributed by atoms with Crippen molar-refractivity contribution in [2.45, 2.75) is 45.3 Å². The first-order chi connectivity index (χ1) is 11.1. The minimum atomic E-state index is -0.210. The summed E-state index contributed by atoms with van der Waals surface area (Å²) in [6.07, 6.45) is 2.91. The highest BCUT2D eigenvalue weighted by Crippen LogP contribution is 2.39. The van der Waals surface area contributed by atoms with Crippen molar-refractivity contribution in [1.82, 2.24) is 4.90 Å². The normalized spacial score (nSPS) is 29.6. The van der Waals surface area contributed by atoms with Gasteiger partial charge in [-0.05, 0) is 85.7 Å². The number of hydrogen-bond donors (Lipinski definition) is 1. The van der Waals surface area contributed by atoms with E-state index in [0.717, 1.165) is 48.3 Å². The summed E-state index contributed by atoms with van der Waals surface area (Å²) in [5.74, 6) is 2.02. The van der Waals surface area contributed by atoms with Gasteiger partial charge in [-0.25, -0.2) is 0 Å². The van der Waals surface area contributed by atoms with Crippen LogP contribution in [-0.2, 0) is 6.42 Å². The lowest BCUT2D eigenvalue weighted by Gasteiger charge is -2.49. The molecule has 1 N–H and O–H groups in total. The highest BCUT2D eigenvalue weighted by molar-refractivity contribution is 9.10. The van der Waals surface area contributed by atoms with Gasteiger partial charge in [-0.3, -0.25) is 4.90 Å². The third kappa shape index (κ3) is 3.52. The summed E-state index contributed by atoms with van der Waals surface area (Å²) in [5, 5.41) is 10.6. The Morgan fingerprint density at radius 2 is 1.87 bits per heavy atom. The van der Waals surface area contributed by atoms with Gasteiger partial charge in [0.05, 0.1) is 23.8 Å². The van der Waals surface area contributed by atoms with Crippen LogP contribution < -0.4 is 9.47 Å². The fraction of sp³-hybridized carbons (Fsp3) is 0.667. The minimum absolute atomic E-state index is 0.210. The Balaban J connectivity index is 1.82. The molecule has 3 aliphatic rings. The third-order valence-electron chi connectivity index (χ3n) is 5.02. The van der Waals surface area contributed by atoms with Crippen LogP contribution in [0.4, 0.5) is 0 Å². The van der Waals surface area contributed by atoms with Crippen molar-refractivity contribution in [3.05, 3.63) is 22.2 Å². The van der Waals surface area contributed by atoms with Gasteiger partial charge in [0, 0.05) is 6.04 Å². The number of nitrogens with zero attached hydrogens (tertiary/aromatic N) is 1. The lowest BCUT2D eigenvalue weighted by molar-refractivity contribution is -0.0715. The van der Waals surface area contributed by atoms with Crippen LogP contribution in [0.2, 0.25) is 0 Å². The molecule has 1 aromatic rings. The Bertz CT molecular complexity index is 541. The van der Waals surface area contributed by atoms with Crippen molar-refractivity contribution in [1.29, 1.82) is 0 Å². The summed E-state index contributed by atoms with van der Waals surface area (Å²) < 4.78 is 12.4. The van der Waals surface area contributed by atoms with Gasteiger partial charge in [-0.1, -0.05) is 0 Å². The molecule has 0 amide bonds. The highest BCUT2D eigenvalue weighted by Gasteiger charge is 2.41. The number of halogens is 1. The lowest BCUT2D eigenvalue weighted by atomic mass is 9.78. The maximum absolute atomic E-state index is 10.6. The number of piperidine rings is 3. The summed E-state index contributed by atoms with van der Waals surface area (Å²) in [5.41, 5.74) is 1.18. The molecule has 5 heteroatoms. The van der Waals surface area contributed by atoms with Gasteiger partial charge in [0.2, 0.25) is 0 Å². The Morgan fingerprint density at radius 1 is 1.17 bits per heavy atom. The van der Waals surface area contributed by atoms with Gasteiger partial charge in [0.25, 0.3) is 0 Å². The standard InChI is InChI=1S/C18H26BrNO3/c1-3-22-16-11-12(9-14(19)18(16)23-4-2)10-15-17(21)13-5-7-20(15)8-6-13/h9,11,13,15,17,21H,3-8,10H2,1-2H3. The molecule has 4 rings (SSSR count). The maximum Gasteiger partial charge on any atom is 0.175 e. The summed E-state index contributed by atoms with van der Waals surface area (Å²) in [6, 6.07) is 4.39. The second kappa shape index (κ2) is 7.41. The second-order valence-corrected chi connectivity index (χ2v) is 7.26. The van der Waals surface area contributed by atoms with E-state index in [0.29, 0.717) is 19.1 Å².